The Morgan fingerprint density at radius 1 is 1.20 bits per heavy atom. The summed E-state index contributed by atoms with van der Waals surface area (Å²) in [4.78, 5) is 46.3. The third-order valence-electron chi connectivity index (χ3n) is 6.93. The van der Waals surface area contributed by atoms with Gasteiger partial charge in [-0.3, -0.25) is 14.6 Å². The predicted octanol–water partition coefficient (Wildman–Crippen LogP) is 3.32. The number of likely N-dealkylation sites (N-methyl/N-ethyl adjacent to an activating group) is 1. The summed E-state index contributed by atoms with van der Waals surface area (Å²) in [5.74, 6) is -0.0433. The Morgan fingerprint density at radius 2 is 1.93 bits per heavy atom. The Hall–Kier alpha value is -4.45. The number of aliphatic hydroxyl groups excluding tert-OH is 1. The van der Waals surface area contributed by atoms with E-state index in [0.717, 1.165) is 0 Å². The van der Waals surface area contributed by atoms with E-state index in [2.05, 4.69) is 20.8 Å². The molecular weight excluding hydrogens is 516 g/mol. The number of benzene rings is 1. The number of ether oxygens (including phenoxy) is 1. The molecule has 1 aliphatic rings. The normalized spacial score (nSPS) is 17.6. The van der Waals surface area contributed by atoms with Gasteiger partial charge in [0.1, 0.15) is 23.2 Å². The topological polar surface area (TPSA) is 150 Å². The number of aryl methyl sites for hydroxylation is 2. The number of aromatic nitrogens is 2. The number of carbonyl (C=O) groups is 3. The van der Waals surface area contributed by atoms with Gasteiger partial charge in [-0.2, -0.15) is 0 Å². The quantitative estimate of drug-likeness (QED) is 0.405. The summed E-state index contributed by atoms with van der Waals surface area (Å²) in [6.45, 7) is 7.43. The van der Waals surface area contributed by atoms with Crippen LogP contribution >= 0.6 is 0 Å². The fraction of sp³-hybridized carbons (Fsp3) is 0.393. The second-order valence-electron chi connectivity index (χ2n) is 10.0. The number of anilines is 2. The molecule has 12 heteroatoms. The molecule has 4 rings (SSSR count). The van der Waals surface area contributed by atoms with E-state index >= 15 is 0 Å². The molecule has 3 N–H and O–H groups in total. The number of hydrogen-bond donors (Lipinski definition) is 3. The average molecular weight is 551 g/mol. The molecular formula is C28H34N6O6. The van der Waals surface area contributed by atoms with Crippen LogP contribution in [0.25, 0.3) is 0 Å². The number of urea groups is 1. The predicted molar refractivity (Wildman–Crippen MR) is 147 cm³/mol. The Bertz CT molecular complexity index is 1360. The van der Waals surface area contributed by atoms with Crippen molar-refractivity contribution in [2.24, 2.45) is 5.92 Å². The van der Waals surface area contributed by atoms with Crippen molar-refractivity contribution in [2.45, 2.75) is 39.8 Å². The monoisotopic (exact) mass is 550 g/mol. The standard InChI is InChI=1S/C28H34N6O6/c1-16-13-34(17(2)15-35)27(37)22-12-21(30-26(36)20-8-10-29-11-9-20)6-7-23(22)39-24(16)14-33(5)28(38)31-25-18(3)32-40-19(25)4/h6-12,16-17,24,35H,13-15H2,1-5H3,(H,30,36)(H,31,38)/t16-,17-,24+/m1/s1. The number of rotatable bonds is 7. The van der Waals surface area contributed by atoms with Crippen LogP contribution in [0.3, 0.4) is 0 Å². The van der Waals surface area contributed by atoms with Crippen molar-refractivity contribution >= 4 is 29.2 Å². The summed E-state index contributed by atoms with van der Waals surface area (Å²) < 4.78 is 11.5. The number of aliphatic hydroxyl groups is 1. The fourth-order valence-electron chi connectivity index (χ4n) is 4.44. The van der Waals surface area contributed by atoms with Gasteiger partial charge in [0.15, 0.2) is 5.76 Å². The Labute approximate surface area is 232 Å². The molecule has 2 aromatic heterocycles. The number of pyridine rings is 1. The summed E-state index contributed by atoms with van der Waals surface area (Å²) >= 11 is 0. The Balaban J connectivity index is 1.59. The van der Waals surface area contributed by atoms with E-state index in [-0.39, 0.29) is 49.0 Å². The van der Waals surface area contributed by atoms with Crippen LogP contribution < -0.4 is 15.4 Å². The summed E-state index contributed by atoms with van der Waals surface area (Å²) in [6, 6.07) is 7.21. The van der Waals surface area contributed by atoms with Crippen molar-refractivity contribution in [2.75, 3.05) is 37.4 Å². The molecule has 0 saturated carbocycles. The molecule has 0 saturated heterocycles. The maximum atomic E-state index is 13.6. The third-order valence-corrected chi connectivity index (χ3v) is 6.93. The van der Waals surface area contributed by atoms with Crippen molar-refractivity contribution in [3.63, 3.8) is 0 Å². The average Bonchev–Trinajstić information content (AvgIpc) is 3.27. The van der Waals surface area contributed by atoms with Gasteiger partial charge in [0, 0.05) is 43.2 Å². The minimum absolute atomic E-state index is 0.188. The molecule has 0 spiro atoms. The van der Waals surface area contributed by atoms with Gasteiger partial charge in [0.2, 0.25) is 0 Å². The van der Waals surface area contributed by atoms with E-state index in [1.807, 2.05) is 6.92 Å². The van der Waals surface area contributed by atoms with E-state index in [1.165, 1.54) is 17.3 Å². The minimum Gasteiger partial charge on any atom is -0.487 e. The molecule has 0 unspecified atom stereocenters. The molecule has 12 nitrogen and oxygen atoms in total. The lowest BCUT2D eigenvalue weighted by atomic mass is 9.99. The van der Waals surface area contributed by atoms with Crippen LogP contribution in [0.1, 0.15) is 46.0 Å². The fourth-order valence-corrected chi connectivity index (χ4v) is 4.44. The van der Waals surface area contributed by atoms with Crippen molar-refractivity contribution in [3.05, 3.63) is 65.3 Å². The van der Waals surface area contributed by atoms with Gasteiger partial charge < -0.3 is 34.8 Å². The molecule has 3 heterocycles. The first-order valence-corrected chi connectivity index (χ1v) is 13.0. The van der Waals surface area contributed by atoms with Crippen LogP contribution in [-0.2, 0) is 0 Å². The van der Waals surface area contributed by atoms with Crippen LogP contribution in [0, 0.1) is 19.8 Å². The van der Waals surface area contributed by atoms with Gasteiger partial charge in [0.25, 0.3) is 11.8 Å². The van der Waals surface area contributed by atoms with E-state index < -0.39 is 12.1 Å². The lowest BCUT2D eigenvalue weighted by molar-refractivity contribution is 0.0371. The third kappa shape index (κ3) is 6.23. The summed E-state index contributed by atoms with van der Waals surface area (Å²) in [7, 11) is 1.65. The summed E-state index contributed by atoms with van der Waals surface area (Å²) in [5.41, 5.74) is 2.17. The van der Waals surface area contributed by atoms with Crippen molar-refractivity contribution in [3.8, 4) is 5.75 Å². The van der Waals surface area contributed by atoms with E-state index in [4.69, 9.17) is 9.26 Å². The van der Waals surface area contributed by atoms with Gasteiger partial charge in [-0.05, 0) is 51.1 Å². The molecule has 0 fully saturated rings. The first-order valence-electron chi connectivity index (χ1n) is 13.0. The molecule has 1 aliphatic heterocycles. The summed E-state index contributed by atoms with van der Waals surface area (Å²) in [6.07, 6.45) is 2.56. The maximum Gasteiger partial charge on any atom is 0.321 e. The number of carbonyl (C=O) groups excluding carboxylic acids is 3. The highest BCUT2D eigenvalue weighted by Crippen LogP contribution is 2.31. The molecule has 3 aromatic rings. The molecule has 40 heavy (non-hydrogen) atoms. The second-order valence-corrected chi connectivity index (χ2v) is 10.0. The highest BCUT2D eigenvalue weighted by atomic mass is 16.5. The maximum absolute atomic E-state index is 13.6. The minimum atomic E-state index is -0.488. The van der Waals surface area contributed by atoms with E-state index in [9.17, 15) is 19.5 Å². The zero-order valence-electron chi connectivity index (χ0n) is 23.2. The molecule has 212 valence electrons. The molecule has 1 aromatic carbocycles. The Kier molecular flexibility index (Phi) is 8.68. The lowest BCUT2D eigenvalue weighted by Crippen LogP contribution is -2.50. The lowest BCUT2D eigenvalue weighted by Gasteiger charge is -2.38. The smallest absolute Gasteiger partial charge is 0.321 e. The van der Waals surface area contributed by atoms with Gasteiger partial charge >= 0.3 is 6.03 Å². The van der Waals surface area contributed by atoms with E-state index in [0.29, 0.717) is 34.1 Å². The van der Waals surface area contributed by atoms with Crippen LogP contribution in [-0.4, -0.2) is 81.8 Å². The van der Waals surface area contributed by atoms with Crippen LogP contribution in [0.5, 0.6) is 5.75 Å². The molecule has 4 amide bonds. The number of amides is 4. The van der Waals surface area contributed by atoms with E-state index in [1.54, 1.807) is 63.1 Å². The summed E-state index contributed by atoms with van der Waals surface area (Å²) in [5, 5.41) is 19.4. The highest BCUT2D eigenvalue weighted by molar-refractivity contribution is 6.05. The molecule has 0 aliphatic carbocycles. The molecule has 0 radical (unpaired) electrons. The van der Waals surface area contributed by atoms with Crippen molar-refractivity contribution in [1.29, 1.82) is 0 Å². The Morgan fingerprint density at radius 3 is 2.58 bits per heavy atom. The largest absolute Gasteiger partial charge is 0.487 e. The first kappa shape index (κ1) is 28.6. The first-order chi connectivity index (χ1) is 19.1. The zero-order chi connectivity index (χ0) is 29.0. The van der Waals surface area contributed by atoms with Crippen molar-refractivity contribution in [1.82, 2.24) is 19.9 Å². The van der Waals surface area contributed by atoms with Crippen LogP contribution in [0.4, 0.5) is 16.2 Å². The van der Waals surface area contributed by atoms with Crippen LogP contribution in [0.15, 0.2) is 47.2 Å². The number of nitrogens with one attached hydrogen (secondary N) is 2. The molecule has 3 atom stereocenters. The van der Waals surface area contributed by atoms with Gasteiger partial charge in [-0.15, -0.1) is 0 Å². The van der Waals surface area contributed by atoms with Gasteiger partial charge in [-0.1, -0.05) is 12.1 Å². The number of fused-ring (bicyclic) bond motifs is 1. The zero-order valence-corrected chi connectivity index (χ0v) is 23.2. The van der Waals surface area contributed by atoms with Gasteiger partial charge in [0.05, 0.1) is 24.8 Å². The highest BCUT2D eigenvalue weighted by Gasteiger charge is 2.34. The van der Waals surface area contributed by atoms with Crippen molar-refractivity contribution < 1.29 is 28.8 Å². The second kappa shape index (κ2) is 12.2. The SMILES string of the molecule is Cc1noc(C)c1NC(=O)N(C)C[C@@H]1Oc2ccc(NC(=O)c3ccncc3)cc2C(=O)N([C@H](C)CO)C[C@H]1C. The number of nitrogens with zero attached hydrogens (tertiary/aromatic N) is 4. The number of hydrogen-bond acceptors (Lipinski definition) is 8. The van der Waals surface area contributed by atoms with Crippen LogP contribution in [0.2, 0.25) is 0 Å². The molecule has 0 bridgehead atoms. The van der Waals surface area contributed by atoms with Gasteiger partial charge in [-0.25, -0.2) is 4.79 Å².